The van der Waals surface area contributed by atoms with Crippen molar-refractivity contribution in [3.63, 3.8) is 0 Å². The summed E-state index contributed by atoms with van der Waals surface area (Å²) in [4.78, 5) is 25.4. The van der Waals surface area contributed by atoms with Crippen LogP contribution in [0.25, 0.3) is 17.0 Å². The number of rotatable bonds is 8. The van der Waals surface area contributed by atoms with Gasteiger partial charge in [0.2, 0.25) is 11.2 Å². The molecule has 0 aliphatic heterocycles. The van der Waals surface area contributed by atoms with E-state index in [9.17, 15) is 9.59 Å². The molecule has 0 atom stereocenters. The van der Waals surface area contributed by atoms with E-state index in [0.29, 0.717) is 32.5 Å². The first-order chi connectivity index (χ1) is 19.7. The lowest BCUT2D eigenvalue weighted by molar-refractivity contribution is -0.128. The maximum atomic E-state index is 12.9. The lowest BCUT2D eigenvalue weighted by Crippen LogP contribution is -2.06. The van der Waals surface area contributed by atoms with Crippen LogP contribution in [0.2, 0.25) is 10.0 Å². The second-order valence-electron chi connectivity index (χ2n) is 9.32. The van der Waals surface area contributed by atoms with Gasteiger partial charge in [0.05, 0.1) is 5.39 Å². The molecule has 0 spiro atoms. The zero-order chi connectivity index (χ0) is 28.9. The molecular weight excluding hydrogens is 563 g/mol. The summed E-state index contributed by atoms with van der Waals surface area (Å²) in [6.45, 7) is 4.13. The quantitative estimate of drug-likeness (QED) is 0.103. The monoisotopic (exact) mass is 586 g/mol. The minimum absolute atomic E-state index is 0.0688. The zero-order valence-corrected chi connectivity index (χ0v) is 23.7. The Bertz CT molecular complexity index is 1780. The molecule has 0 aliphatic carbocycles. The lowest BCUT2D eigenvalue weighted by Gasteiger charge is -2.09. The van der Waals surface area contributed by atoms with Crippen LogP contribution >= 0.6 is 23.2 Å². The molecule has 0 amide bonds. The standard InChI is InChI=1S/C33H24Cl2O6/c1-20-14-21(2)16-25(15-20)40-31-19-39-30-17-24(11-12-26(30)33(31)37)41-32(36)13-8-22-6-9-23(10-7-22)38-18-27-28(34)4-3-5-29(27)35/h3-17,19H,18H2,1-2H3/b13-8+. The van der Waals surface area contributed by atoms with Gasteiger partial charge in [-0.05, 0) is 85.1 Å². The second kappa shape index (κ2) is 12.3. The highest BCUT2D eigenvalue weighted by Crippen LogP contribution is 2.27. The Morgan fingerprint density at radius 2 is 1.54 bits per heavy atom. The SMILES string of the molecule is Cc1cc(C)cc(Oc2coc3cc(OC(=O)/C=C/c4ccc(OCc5c(Cl)cccc5Cl)cc4)ccc3c2=O)c1. The number of esters is 1. The molecule has 1 heterocycles. The van der Waals surface area contributed by atoms with E-state index in [0.717, 1.165) is 16.7 Å². The largest absolute Gasteiger partial charge is 0.489 e. The van der Waals surface area contributed by atoms with Crippen molar-refractivity contribution in [1.82, 2.24) is 0 Å². The van der Waals surface area contributed by atoms with Gasteiger partial charge in [0, 0.05) is 27.8 Å². The van der Waals surface area contributed by atoms with E-state index in [2.05, 4.69) is 0 Å². The average Bonchev–Trinajstić information content (AvgIpc) is 2.93. The van der Waals surface area contributed by atoms with E-state index in [1.54, 1.807) is 48.5 Å². The highest BCUT2D eigenvalue weighted by atomic mass is 35.5. The molecular formula is C33H24Cl2O6. The van der Waals surface area contributed by atoms with E-state index in [1.807, 2.05) is 32.0 Å². The fraction of sp³-hybridized carbons (Fsp3) is 0.0909. The zero-order valence-electron chi connectivity index (χ0n) is 22.2. The molecule has 0 radical (unpaired) electrons. The van der Waals surface area contributed by atoms with Crippen LogP contribution in [0.1, 0.15) is 22.3 Å². The van der Waals surface area contributed by atoms with Crippen LogP contribution in [0, 0.1) is 13.8 Å². The summed E-state index contributed by atoms with van der Waals surface area (Å²) >= 11 is 12.4. The van der Waals surface area contributed by atoms with Crippen LogP contribution < -0.4 is 19.6 Å². The molecule has 0 saturated carbocycles. The van der Waals surface area contributed by atoms with Gasteiger partial charge in [0.15, 0.2) is 0 Å². The topological polar surface area (TPSA) is 75.0 Å². The van der Waals surface area contributed by atoms with Gasteiger partial charge >= 0.3 is 5.97 Å². The molecule has 0 fully saturated rings. The number of hydrogen-bond acceptors (Lipinski definition) is 6. The highest BCUT2D eigenvalue weighted by Gasteiger charge is 2.12. The molecule has 0 saturated heterocycles. The molecule has 5 aromatic rings. The van der Waals surface area contributed by atoms with Gasteiger partial charge in [0.1, 0.15) is 35.7 Å². The number of ether oxygens (including phenoxy) is 3. The lowest BCUT2D eigenvalue weighted by atomic mass is 10.1. The Balaban J connectivity index is 1.20. The van der Waals surface area contributed by atoms with Crippen molar-refractivity contribution in [3.8, 4) is 23.0 Å². The van der Waals surface area contributed by atoms with Gasteiger partial charge < -0.3 is 18.6 Å². The third kappa shape index (κ3) is 6.98. The first-order valence-corrected chi connectivity index (χ1v) is 13.4. The summed E-state index contributed by atoms with van der Waals surface area (Å²) in [6.07, 6.45) is 4.18. The molecule has 5 rings (SSSR count). The number of aryl methyl sites for hydroxylation is 2. The summed E-state index contributed by atoms with van der Waals surface area (Å²) < 4.78 is 22.6. The molecule has 41 heavy (non-hydrogen) atoms. The van der Waals surface area contributed by atoms with Gasteiger partial charge in [-0.25, -0.2) is 4.79 Å². The average molecular weight is 587 g/mol. The Morgan fingerprint density at radius 1 is 0.854 bits per heavy atom. The minimum atomic E-state index is -0.588. The molecule has 0 bridgehead atoms. The fourth-order valence-corrected chi connectivity index (χ4v) is 4.67. The smallest absolute Gasteiger partial charge is 0.336 e. The molecule has 206 valence electrons. The van der Waals surface area contributed by atoms with Crippen molar-refractivity contribution in [2.45, 2.75) is 20.5 Å². The third-order valence-electron chi connectivity index (χ3n) is 6.09. The molecule has 1 aromatic heterocycles. The van der Waals surface area contributed by atoms with E-state index in [1.165, 1.54) is 30.5 Å². The van der Waals surface area contributed by atoms with Crippen LogP contribution in [0.3, 0.4) is 0 Å². The van der Waals surface area contributed by atoms with Crippen LogP contribution in [0.5, 0.6) is 23.0 Å². The molecule has 8 heteroatoms. The number of fused-ring (bicyclic) bond motifs is 1. The predicted molar refractivity (Wildman–Crippen MR) is 160 cm³/mol. The molecule has 6 nitrogen and oxygen atoms in total. The third-order valence-corrected chi connectivity index (χ3v) is 6.80. The molecule has 0 aliphatic rings. The normalized spacial score (nSPS) is 11.1. The maximum Gasteiger partial charge on any atom is 0.336 e. The van der Waals surface area contributed by atoms with E-state index in [4.69, 9.17) is 41.8 Å². The van der Waals surface area contributed by atoms with Crippen LogP contribution in [-0.2, 0) is 11.4 Å². The van der Waals surface area contributed by atoms with Crippen molar-refractivity contribution >= 4 is 46.2 Å². The summed E-state index contributed by atoms with van der Waals surface area (Å²) in [5.41, 5.74) is 3.46. The number of benzene rings is 4. The number of carbonyl (C=O) groups excluding carboxylic acids is 1. The Kier molecular flexibility index (Phi) is 8.43. The summed E-state index contributed by atoms with van der Waals surface area (Å²) in [5.74, 6) is 0.895. The van der Waals surface area contributed by atoms with Crippen LogP contribution in [0.4, 0.5) is 0 Å². The number of hydrogen-bond donors (Lipinski definition) is 0. The minimum Gasteiger partial charge on any atom is -0.489 e. The van der Waals surface area contributed by atoms with E-state index in [-0.39, 0.29) is 29.1 Å². The second-order valence-corrected chi connectivity index (χ2v) is 10.1. The number of halogens is 2. The van der Waals surface area contributed by atoms with Crippen molar-refractivity contribution < 1.29 is 23.4 Å². The van der Waals surface area contributed by atoms with Gasteiger partial charge in [-0.2, -0.15) is 0 Å². The summed E-state index contributed by atoms with van der Waals surface area (Å²) in [7, 11) is 0. The molecule has 0 unspecified atom stereocenters. The van der Waals surface area contributed by atoms with Crippen LogP contribution in [-0.4, -0.2) is 5.97 Å². The Morgan fingerprint density at radius 3 is 2.24 bits per heavy atom. The van der Waals surface area contributed by atoms with Gasteiger partial charge in [0.25, 0.3) is 0 Å². The highest BCUT2D eigenvalue weighted by molar-refractivity contribution is 6.35. The van der Waals surface area contributed by atoms with Gasteiger partial charge in [-0.15, -0.1) is 0 Å². The van der Waals surface area contributed by atoms with Gasteiger partial charge in [-0.3, -0.25) is 4.79 Å². The van der Waals surface area contributed by atoms with Crippen molar-refractivity contribution in [2.24, 2.45) is 0 Å². The van der Waals surface area contributed by atoms with Crippen molar-refractivity contribution in [2.75, 3.05) is 0 Å². The fourth-order valence-electron chi connectivity index (χ4n) is 4.16. The van der Waals surface area contributed by atoms with E-state index >= 15 is 0 Å². The Hall–Kier alpha value is -4.52. The maximum absolute atomic E-state index is 12.9. The van der Waals surface area contributed by atoms with Crippen molar-refractivity contribution in [3.05, 3.63) is 134 Å². The Labute approximate surface area is 246 Å². The van der Waals surface area contributed by atoms with E-state index < -0.39 is 5.97 Å². The predicted octanol–water partition coefficient (Wildman–Crippen LogP) is 8.71. The first-order valence-electron chi connectivity index (χ1n) is 12.6. The van der Waals surface area contributed by atoms with Crippen LogP contribution in [0.15, 0.2) is 100 Å². The first kappa shape index (κ1) is 28.0. The van der Waals surface area contributed by atoms with Crippen molar-refractivity contribution in [1.29, 1.82) is 0 Å². The summed E-state index contributed by atoms with van der Waals surface area (Å²) in [5, 5.41) is 1.38. The summed E-state index contributed by atoms with van der Waals surface area (Å²) in [6, 6.07) is 22.7. The molecule has 0 N–H and O–H groups in total. The van der Waals surface area contributed by atoms with Gasteiger partial charge in [-0.1, -0.05) is 47.5 Å². The molecule has 4 aromatic carbocycles. The number of carbonyl (C=O) groups is 1.